The number of thiophene rings is 1. The van der Waals surface area contributed by atoms with Gasteiger partial charge < -0.3 is 4.90 Å². The molecule has 3 rings (SSSR count). The number of benzene rings is 1. The number of nitriles is 1. The van der Waals surface area contributed by atoms with E-state index in [2.05, 4.69) is 57.7 Å². The zero-order valence-corrected chi connectivity index (χ0v) is 19.9. The minimum atomic E-state index is -0.120. The van der Waals surface area contributed by atoms with E-state index < -0.39 is 0 Å². The van der Waals surface area contributed by atoms with Crippen LogP contribution < -0.4 is 4.90 Å². The molecule has 0 amide bonds. The molecule has 32 heavy (non-hydrogen) atoms. The Morgan fingerprint density at radius 3 is 2.72 bits per heavy atom. The zero-order valence-electron chi connectivity index (χ0n) is 18.3. The number of unbranched alkanes of at least 4 members (excludes halogenated alkanes) is 2. The van der Waals surface area contributed by atoms with Gasteiger partial charge in [-0.25, -0.2) is 0 Å². The lowest BCUT2D eigenvalue weighted by atomic mass is 9.99. The molecule has 2 aromatic rings. The van der Waals surface area contributed by atoms with Gasteiger partial charge in [0.25, 0.3) is 0 Å². The van der Waals surface area contributed by atoms with Gasteiger partial charge in [-0.2, -0.15) is 15.0 Å². The maximum absolute atomic E-state index is 9.48. The van der Waals surface area contributed by atoms with Crippen molar-refractivity contribution in [2.24, 2.45) is 10.2 Å². The largest absolute Gasteiger partial charge is 0.520 e. The average Bonchev–Trinajstić information content (AvgIpc) is 3.21. The summed E-state index contributed by atoms with van der Waals surface area (Å²) in [6, 6.07) is 8.14. The van der Waals surface area contributed by atoms with E-state index in [0.29, 0.717) is 15.6 Å². The third-order valence-electron chi connectivity index (χ3n) is 5.41. The lowest BCUT2D eigenvalue weighted by Gasteiger charge is -2.34. The predicted molar refractivity (Wildman–Crippen MR) is 130 cm³/mol. The molecule has 0 saturated carbocycles. The Balaban J connectivity index is 1.88. The summed E-state index contributed by atoms with van der Waals surface area (Å²) in [5.41, 5.74) is 3.47. The number of hydrogen-bond acceptors (Lipinski definition) is 5. The fourth-order valence-corrected chi connectivity index (χ4v) is 5.11. The molecule has 0 fully saturated rings. The molecule has 0 bridgehead atoms. The Hall–Kier alpha value is -3.18. The van der Waals surface area contributed by atoms with Crippen molar-refractivity contribution in [3.63, 3.8) is 0 Å². The highest BCUT2D eigenvalue weighted by atomic mass is 35.5. The number of nitrogens with zero attached hydrogens (tertiary/aromatic N) is 6. The number of anilines is 1. The molecule has 0 aliphatic carbocycles. The van der Waals surface area contributed by atoms with Gasteiger partial charge in [-0.05, 0) is 50.5 Å². The maximum Gasteiger partial charge on any atom is 0.520 e. The van der Waals surface area contributed by atoms with E-state index in [1.54, 1.807) is 0 Å². The Labute approximate surface area is 198 Å². The first kappa shape index (κ1) is 23.5. The molecule has 6 nitrogen and oxygen atoms in total. The molecule has 1 aromatic heterocycles. The van der Waals surface area contributed by atoms with Crippen LogP contribution in [-0.4, -0.2) is 12.1 Å². The number of azo groups is 1. The molecule has 2 heterocycles. The van der Waals surface area contributed by atoms with E-state index in [1.165, 1.54) is 36.6 Å². The maximum atomic E-state index is 9.48. The van der Waals surface area contributed by atoms with Crippen LogP contribution in [-0.2, 0) is 6.42 Å². The highest BCUT2D eigenvalue weighted by Gasteiger charge is 2.35. The summed E-state index contributed by atoms with van der Waals surface area (Å²) < 4.78 is 0. The normalized spacial score (nSPS) is 14.0. The summed E-state index contributed by atoms with van der Waals surface area (Å²) in [7, 11) is 0. The third-order valence-corrected chi connectivity index (χ3v) is 6.93. The smallest absolute Gasteiger partial charge is 0.366 e. The van der Waals surface area contributed by atoms with Crippen LogP contribution in [0.25, 0.3) is 15.8 Å². The van der Waals surface area contributed by atoms with Gasteiger partial charge in [0, 0.05) is 22.6 Å². The van der Waals surface area contributed by atoms with Crippen molar-refractivity contribution in [1.82, 2.24) is 0 Å². The van der Waals surface area contributed by atoms with Gasteiger partial charge in [0.05, 0.1) is 16.8 Å². The first-order chi connectivity index (χ1) is 15.3. The number of rotatable bonds is 7. The van der Waals surface area contributed by atoms with E-state index >= 15 is 0 Å². The standard InChI is InChI=1S/C24H23ClN6S/c1-6-7-8-11-31-19-10-9-17(12-16(19)14-24(31,2)3)29-30-23-18(15-26)22(25)20(32-23)13-21(27-4)28-5/h9-10,12-13H,6-8,11,14H2,1-3H3. The van der Waals surface area contributed by atoms with Crippen molar-refractivity contribution >= 4 is 45.4 Å². The van der Waals surface area contributed by atoms with Crippen LogP contribution in [0.15, 0.2) is 34.2 Å². The summed E-state index contributed by atoms with van der Waals surface area (Å²) in [4.78, 5) is 9.22. The van der Waals surface area contributed by atoms with Crippen molar-refractivity contribution in [3.05, 3.63) is 67.9 Å². The van der Waals surface area contributed by atoms with Gasteiger partial charge in [0.1, 0.15) is 24.8 Å². The van der Waals surface area contributed by atoms with Crippen LogP contribution in [0.2, 0.25) is 5.02 Å². The molecule has 8 heteroatoms. The van der Waals surface area contributed by atoms with Crippen LogP contribution in [0.1, 0.15) is 56.0 Å². The first-order valence-corrected chi connectivity index (χ1v) is 11.5. The quantitative estimate of drug-likeness (QED) is 0.236. The zero-order chi connectivity index (χ0) is 23.3. The number of halogens is 1. The number of fused-ring (bicyclic) bond motifs is 1. The second kappa shape index (κ2) is 9.96. The van der Waals surface area contributed by atoms with Gasteiger partial charge in [-0.1, -0.05) is 31.4 Å². The lowest BCUT2D eigenvalue weighted by Crippen LogP contribution is -2.41. The van der Waals surface area contributed by atoms with E-state index in [1.807, 2.05) is 12.1 Å². The molecule has 0 saturated heterocycles. The van der Waals surface area contributed by atoms with Crippen LogP contribution in [0, 0.1) is 24.5 Å². The predicted octanol–water partition coefficient (Wildman–Crippen LogP) is 8.16. The second-order valence-electron chi connectivity index (χ2n) is 8.16. The molecule has 0 spiro atoms. The Kier molecular flexibility index (Phi) is 7.31. The molecule has 0 radical (unpaired) electrons. The third kappa shape index (κ3) is 4.83. The van der Waals surface area contributed by atoms with E-state index in [4.69, 9.17) is 24.7 Å². The summed E-state index contributed by atoms with van der Waals surface area (Å²) >= 11 is 7.42. The molecule has 0 N–H and O–H groups in total. The first-order valence-electron chi connectivity index (χ1n) is 10.4. The van der Waals surface area contributed by atoms with Gasteiger partial charge in [-0.3, -0.25) is 0 Å². The molecule has 0 unspecified atom stereocenters. The fraction of sp³-hybridized carbons (Fsp3) is 0.375. The topological polar surface area (TPSA) is 60.5 Å². The second-order valence-corrected chi connectivity index (χ2v) is 9.57. The summed E-state index contributed by atoms with van der Waals surface area (Å²) in [5, 5.41) is 18.7. The molecule has 0 atom stereocenters. The summed E-state index contributed by atoms with van der Waals surface area (Å²) in [6.07, 6.45) is 5.92. The van der Waals surface area contributed by atoms with Crippen LogP contribution >= 0.6 is 22.9 Å². The number of hydrogen-bond donors (Lipinski definition) is 0. The SMILES string of the molecule is [C-]#[N+]C(=Cc1sc(N=Nc2ccc3c(c2)CC(C)(C)N3CCCCC)c(C#N)c1Cl)[N+]#[C-]. The molecule has 162 valence electrons. The van der Waals surface area contributed by atoms with Crippen molar-refractivity contribution in [2.45, 2.75) is 52.0 Å². The Morgan fingerprint density at radius 1 is 1.31 bits per heavy atom. The van der Waals surface area contributed by atoms with Crippen LogP contribution in [0.5, 0.6) is 0 Å². The van der Waals surface area contributed by atoms with Gasteiger partial charge in [-0.15, -0.1) is 21.6 Å². The van der Waals surface area contributed by atoms with Crippen molar-refractivity contribution in [1.29, 1.82) is 5.26 Å². The Bertz CT molecular complexity index is 1190. The lowest BCUT2D eigenvalue weighted by molar-refractivity contribution is 0.476. The van der Waals surface area contributed by atoms with E-state index in [0.717, 1.165) is 24.3 Å². The van der Waals surface area contributed by atoms with E-state index in [9.17, 15) is 5.26 Å². The molecule has 1 aliphatic rings. The fourth-order valence-electron chi connectivity index (χ4n) is 3.86. The minimum Gasteiger partial charge on any atom is -0.366 e. The average molecular weight is 463 g/mol. The highest BCUT2D eigenvalue weighted by Crippen LogP contribution is 2.43. The van der Waals surface area contributed by atoms with Crippen LogP contribution in [0.4, 0.5) is 16.4 Å². The highest BCUT2D eigenvalue weighted by molar-refractivity contribution is 7.17. The summed E-state index contributed by atoms with van der Waals surface area (Å²) in [5.74, 6) is -0.120. The molecule has 1 aliphatic heterocycles. The Morgan fingerprint density at radius 2 is 2.06 bits per heavy atom. The van der Waals surface area contributed by atoms with E-state index in [-0.39, 0.29) is 21.9 Å². The van der Waals surface area contributed by atoms with Gasteiger partial charge in [0.15, 0.2) is 5.00 Å². The molecular weight excluding hydrogens is 440 g/mol. The molecule has 1 aromatic carbocycles. The van der Waals surface area contributed by atoms with Crippen molar-refractivity contribution in [2.75, 3.05) is 11.4 Å². The van der Waals surface area contributed by atoms with Gasteiger partial charge >= 0.3 is 5.82 Å². The van der Waals surface area contributed by atoms with Crippen LogP contribution in [0.3, 0.4) is 0 Å². The minimum absolute atomic E-state index is 0.0614. The summed E-state index contributed by atoms with van der Waals surface area (Å²) in [6.45, 7) is 21.8. The van der Waals surface area contributed by atoms with Gasteiger partial charge in [0.2, 0.25) is 0 Å². The van der Waals surface area contributed by atoms with Crippen molar-refractivity contribution < 1.29 is 0 Å². The monoisotopic (exact) mass is 462 g/mol. The van der Waals surface area contributed by atoms with Crippen molar-refractivity contribution in [3.8, 4) is 6.07 Å². The molecular formula is C24H23ClN6S.